The third-order valence-electron chi connectivity index (χ3n) is 3.87. The summed E-state index contributed by atoms with van der Waals surface area (Å²) in [5.74, 6) is 0. The van der Waals surface area contributed by atoms with E-state index in [0.29, 0.717) is 0 Å². The van der Waals surface area contributed by atoms with E-state index in [9.17, 15) is 0 Å². The second-order valence-electron chi connectivity index (χ2n) is 5.02. The van der Waals surface area contributed by atoms with E-state index in [1.165, 1.54) is 41.5 Å². The minimum atomic E-state index is 1.35. The number of benzene rings is 3. The zero-order valence-corrected chi connectivity index (χ0v) is 12.2. The molecule has 0 spiro atoms. The molecule has 0 saturated heterocycles. The van der Waals surface area contributed by atoms with Gasteiger partial charge in [0.15, 0.2) is 0 Å². The minimum absolute atomic E-state index is 1.35. The predicted octanol–water partition coefficient (Wildman–Crippen LogP) is 5.88. The molecule has 0 bridgehead atoms. The van der Waals surface area contributed by atoms with Crippen LogP contribution in [-0.2, 0) is 0 Å². The Bertz CT molecular complexity index is 836. The Hall–Kier alpha value is -1.64. The SMILES string of the molecule is c1ccc2c(c1)SC1=C(S2)c2cccc3cccc1c23. The summed E-state index contributed by atoms with van der Waals surface area (Å²) in [6, 6.07) is 22.0. The Kier molecular flexibility index (Phi) is 2.18. The lowest BCUT2D eigenvalue weighted by molar-refractivity contribution is 1.26. The second-order valence-corrected chi connectivity index (χ2v) is 7.12. The van der Waals surface area contributed by atoms with Crippen molar-refractivity contribution in [2.45, 2.75) is 9.79 Å². The van der Waals surface area contributed by atoms with Crippen molar-refractivity contribution in [3.63, 3.8) is 0 Å². The highest BCUT2D eigenvalue weighted by atomic mass is 32.2. The Morgan fingerprint density at radius 3 is 1.65 bits per heavy atom. The summed E-state index contributed by atoms with van der Waals surface area (Å²) in [5, 5.41) is 2.77. The molecule has 0 N–H and O–H groups in total. The summed E-state index contributed by atoms with van der Waals surface area (Å²) >= 11 is 3.83. The molecule has 1 heterocycles. The number of hydrogen-bond donors (Lipinski definition) is 0. The van der Waals surface area contributed by atoms with Crippen LogP contribution in [0.3, 0.4) is 0 Å². The van der Waals surface area contributed by atoms with Gasteiger partial charge in [-0.25, -0.2) is 0 Å². The average molecular weight is 290 g/mol. The van der Waals surface area contributed by atoms with Gasteiger partial charge < -0.3 is 0 Å². The third-order valence-corrected chi connectivity index (χ3v) is 6.54. The minimum Gasteiger partial charge on any atom is -0.0870 e. The summed E-state index contributed by atoms with van der Waals surface area (Å²) in [4.78, 5) is 5.61. The van der Waals surface area contributed by atoms with Gasteiger partial charge in [0, 0.05) is 19.6 Å². The molecule has 0 saturated carbocycles. The molecule has 0 nitrogen and oxygen atoms in total. The smallest absolute Gasteiger partial charge is 0.0347 e. The van der Waals surface area contributed by atoms with E-state index < -0.39 is 0 Å². The van der Waals surface area contributed by atoms with Crippen molar-refractivity contribution in [1.82, 2.24) is 0 Å². The lowest BCUT2D eigenvalue weighted by atomic mass is 10.0. The molecule has 2 aliphatic rings. The molecule has 0 radical (unpaired) electrons. The standard InChI is InChI=1S/C18H10S2/c1-2-10-15-14(9-1)19-17-12-7-3-5-11-6-4-8-13(16(11)12)18(17)20-15/h1-10H. The molecule has 0 atom stereocenters. The fraction of sp³-hybridized carbons (Fsp3) is 0. The van der Waals surface area contributed by atoms with Crippen molar-refractivity contribution in [2.24, 2.45) is 0 Å². The zero-order valence-electron chi connectivity index (χ0n) is 10.6. The first-order valence-electron chi connectivity index (χ1n) is 6.63. The zero-order chi connectivity index (χ0) is 13.1. The Morgan fingerprint density at radius 2 is 1.10 bits per heavy atom. The van der Waals surface area contributed by atoms with Crippen LogP contribution in [0, 0.1) is 0 Å². The van der Waals surface area contributed by atoms with Crippen LogP contribution in [0.4, 0.5) is 0 Å². The van der Waals surface area contributed by atoms with E-state index in [-0.39, 0.29) is 0 Å². The number of fused-ring (bicyclic) bond motifs is 3. The van der Waals surface area contributed by atoms with Gasteiger partial charge in [0.1, 0.15) is 0 Å². The summed E-state index contributed by atoms with van der Waals surface area (Å²) in [6.07, 6.45) is 0. The van der Waals surface area contributed by atoms with Gasteiger partial charge in [0.05, 0.1) is 0 Å². The third kappa shape index (κ3) is 1.36. The fourth-order valence-corrected chi connectivity index (χ4v) is 5.54. The van der Waals surface area contributed by atoms with Gasteiger partial charge in [0.25, 0.3) is 0 Å². The van der Waals surface area contributed by atoms with Crippen molar-refractivity contribution >= 4 is 44.1 Å². The van der Waals surface area contributed by atoms with Gasteiger partial charge >= 0.3 is 0 Å². The summed E-state index contributed by atoms with van der Waals surface area (Å²) < 4.78 is 0. The molecule has 1 aliphatic carbocycles. The fourth-order valence-electron chi connectivity index (χ4n) is 3.01. The molecule has 0 fully saturated rings. The maximum Gasteiger partial charge on any atom is 0.0347 e. The molecule has 0 unspecified atom stereocenters. The van der Waals surface area contributed by atoms with Crippen LogP contribution in [-0.4, -0.2) is 0 Å². The molecule has 3 aromatic carbocycles. The largest absolute Gasteiger partial charge is 0.0870 e. The first-order chi connectivity index (χ1) is 9.92. The van der Waals surface area contributed by atoms with E-state index in [0.717, 1.165) is 0 Å². The Morgan fingerprint density at radius 1 is 0.550 bits per heavy atom. The van der Waals surface area contributed by atoms with Crippen molar-refractivity contribution in [3.8, 4) is 0 Å². The Balaban J connectivity index is 1.82. The number of thioether (sulfide) groups is 2. The van der Waals surface area contributed by atoms with Crippen LogP contribution in [0.2, 0.25) is 0 Å². The Labute approximate surface area is 125 Å². The molecule has 94 valence electrons. The van der Waals surface area contributed by atoms with E-state index in [4.69, 9.17) is 0 Å². The molecule has 3 aromatic rings. The summed E-state index contributed by atoms with van der Waals surface area (Å²) in [6.45, 7) is 0. The van der Waals surface area contributed by atoms with Gasteiger partial charge in [-0.1, -0.05) is 72.1 Å². The van der Waals surface area contributed by atoms with E-state index in [1.54, 1.807) is 0 Å². The molecular formula is C18H10S2. The van der Waals surface area contributed by atoms with Crippen LogP contribution < -0.4 is 0 Å². The predicted molar refractivity (Wildman–Crippen MR) is 88.9 cm³/mol. The van der Waals surface area contributed by atoms with Gasteiger partial charge in [0.2, 0.25) is 0 Å². The number of rotatable bonds is 0. The van der Waals surface area contributed by atoms with Crippen LogP contribution in [0.5, 0.6) is 0 Å². The van der Waals surface area contributed by atoms with E-state index >= 15 is 0 Å². The highest BCUT2D eigenvalue weighted by Crippen LogP contribution is 2.59. The molecule has 5 rings (SSSR count). The van der Waals surface area contributed by atoms with Gasteiger partial charge in [-0.3, -0.25) is 0 Å². The van der Waals surface area contributed by atoms with E-state index in [2.05, 4.69) is 60.7 Å². The summed E-state index contributed by atoms with van der Waals surface area (Å²) in [5.41, 5.74) is 2.81. The van der Waals surface area contributed by atoms with Crippen LogP contribution >= 0.6 is 23.5 Å². The lowest BCUT2D eigenvalue weighted by Gasteiger charge is -2.17. The van der Waals surface area contributed by atoms with Crippen molar-refractivity contribution in [2.75, 3.05) is 0 Å². The lowest BCUT2D eigenvalue weighted by Crippen LogP contribution is -1.87. The van der Waals surface area contributed by atoms with Crippen LogP contribution in [0.15, 0.2) is 70.5 Å². The average Bonchev–Trinajstić information content (AvgIpc) is 2.82. The quantitative estimate of drug-likeness (QED) is 0.507. The van der Waals surface area contributed by atoms with Crippen molar-refractivity contribution in [1.29, 1.82) is 0 Å². The van der Waals surface area contributed by atoms with Crippen LogP contribution in [0.1, 0.15) is 11.1 Å². The van der Waals surface area contributed by atoms with Gasteiger partial charge in [-0.2, -0.15) is 0 Å². The maximum atomic E-state index is 2.26. The highest BCUT2D eigenvalue weighted by Gasteiger charge is 2.29. The van der Waals surface area contributed by atoms with Gasteiger partial charge in [-0.05, 0) is 34.0 Å². The van der Waals surface area contributed by atoms with E-state index in [1.807, 2.05) is 23.5 Å². The first kappa shape index (κ1) is 11.1. The van der Waals surface area contributed by atoms with Crippen molar-refractivity contribution < 1.29 is 0 Å². The normalized spacial score (nSPS) is 15.4. The van der Waals surface area contributed by atoms with Crippen LogP contribution in [0.25, 0.3) is 20.6 Å². The second kappa shape index (κ2) is 3.94. The molecule has 20 heavy (non-hydrogen) atoms. The first-order valence-corrected chi connectivity index (χ1v) is 8.26. The van der Waals surface area contributed by atoms with Crippen molar-refractivity contribution in [3.05, 3.63) is 71.8 Å². The molecule has 0 aromatic heterocycles. The molecule has 2 heteroatoms. The maximum absolute atomic E-state index is 2.26. The molecule has 1 aliphatic heterocycles. The highest BCUT2D eigenvalue weighted by molar-refractivity contribution is 8.16. The summed E-state index contributed by atoms with van der Waals surface area (Å²) in [7, 11) is 0. The molecule has 0 amide bonds. The number of hydrogen-bond acceptors (Lipinski definition) is 2. The topological polar surface area (TPSA) is 0 Å². The van der Waals surface area contributed by atoms with Gasteiger partial charge in [-0.15, -0.1) is 0 Å². The monoisotopic (exact) mass is 290 g/mol. The molecular weight excluding hydrogens is 280 g/mol.